The molecule has 1 N–H and O–H groups in total. The van der Waals surface area contributed by atoms with Crippen LogP contribution < -0.4 is 9.62 Å². The van der Waals surface area contributed by atoms with E-state index in [1.807, 2.05) is 12.1 Å². The average molecular weight is 527 g/mol. The molecule has 0 saturated heterocycles. The summed E-state index contributed by atoms with van der Waals surface area (Å²) in [5, 5.41) is 3.10. The van der Waals surface area contributed by atoms with Crippen LogP contribution in [0, 0.1) is 6.92 Å². The molecule has 3 aromatic rings. The van der Waals surface area contributed by atoms with Gasteiger partial charge in [0.15, 0.2) is 5.78 Å². The van der Waals surface area contributed by atoms with E-state index in [0.717, 1.165) is 16.1 Å². The van der Waals surface area contributed by atoms with E-state index in [1.165, 1.54) is 13.0 Å². The van der Waals surface area contributed by atoms with Crippen molar-refractivity contribution in [1.82, 2.24) is 0 Å². The lowest BCUT2D eigenvalue weighted by atomic mass is 9.86. The minimum Gasteiger partial charge on any atom is -0.324 e. The van der Waals surface area contributed by atoms with Gasteiger partial charge < -0.3 is 5.32 Å². The third kappa shape index (κ3) is 6.33. The molecule has 1 amide bonds. The Morgan fingerprint density at radius 2 is 1.58 bits per heavy atom. The quantitative estimate of drug-likeness (QED) is 0.384. The molecule has 36 heavy (non-hydrogen) atoms. The molecule has 8 heteroatoms. The number of amides is 1. The molecular formula is C28H31ClN2O4S. The van der Waals surface area contributed by atoms with Gasteiger partial charge in [0, 0.05) is 21.8 Å². The van der Waals surface area contributed by atoms with Crippen LogP contribution in [-0.4, -0.2) is 32.4 Å². The van der Waals surface area contributed by atoms with Crippen LogP contribution in [0.2, 0.25) is 5.02 Å². The summed E-state index contributed by atoms with van der Waals surface area (Å²) in [4.78, 5) is 26.2. The summed E-state index contributed by atoms with van der Waals surface area (Å²) in [5.41, 5.74) is 3.44. The summed E-state index contributed by atoms with van der Waals surface area (Å²) in [6, 6.07) is 17.9. The second kappa shape index (κ2) is 10.4. The maximum Gasteiger partial charge on any atom is 0.247 e. The maximum atomic E-state index is 13.1. The van der Waals surface area contributed by atoms with Gasteiger partial charge in [-0.3, -0.25) is 13.9 Å². The van der Waals surface area contributed by atoms with Crippen LogP contribution in [0.5, 0.6) is 0 Å². The summed E-state index contributed by atoms with van der Waals surface area (Å²) < 4.78 is 26.3. The topological polar surface area (TPSA) is 83.6 Å². The highest BCUT2D eigenvalue weighted by atomic mass is 35.5. The Morgan fingerprint density at radius 3 is 2.17 bits per heavy atom. The fourth-order valence-electron chi connectivity index (χ4n) is 3.87. The number of sulfonamides is 1. The van der Waals surface area contributed by atoms with Gasteiger partial charge in [-0.2, -0.15) is 0 Å². The molecule has 0 aliphatic heterocycles. The van der Waals surface area contributed by atoms with Gasteiger partial charge in [-0.05, 0) is 54.7 Å². The van der Waals surface area contributed by atoms with Gasteiger partial charge in [0.1, 0.15) is 6.04 Å². The molecule has 0 saturated carbocycles. The number of rotatable bonds is 7. The molecule has 0 aromatic heterocycles. The zero-order valence-electron chi connectivity index (χ0n) is 21.3. The van der Waals surface area contributed by atoms with Gasteiger partial charge in [0.2, 0.25) is 15.9 Å². The average Bonchev–Trinajstić information content (AvgIpc) is 2.79. The van der Waals surface area contributed by atoms with Crippen molar-refractivity contribution >= 4 is 44.7 Å². The second-order valence-corrected chi connectivity index (χ2v) is 12.2. The van der Waals surface area contributed by atoms with Crippen molar-refractivity contribution in [3.05, 3.63) is 94.0 Å². The van der Waals surface area contributed by atoms with Crippen LogP contribution in [0.15, 0.2) is 66.7 Å². The summed E-state index contributed by atoms with van der Waals surface area (Å²) in [5.74, 6) is -0.717. The van der Waals surface area contributed by atoms with E-state index >= 15 is 0 Å². The minimum atomic E-state index is -3.81. The van der Waals surface area contributed by atoms with Gasteiger partial charge in [-0.1, -0.05) is 74.8 Å². The first-order valence-electron chi connectivity index (χ1n) is 11.5. The molecule has 3 aromatic carbocycles. The molecule has 0 bridgehead atoms. The first-order chi connectivity index (χ1) is 16.7. The molecule has 190 valence electrons. The van der Waals surface area contributed by atoms with Crippen LogP contribution >= 0.6 is 11.6 Å². The lowest BCUT2D eigenvalue weighted by Gasteiger charge is -2.29. The van der Waals surface area contributed by atoms with Crippen molar-refractivity contribution in [3.8, 4) is 0 Å². The SMILES string of the molecule is Cc1ccc(Cl)cc1N([C@H](C)C(=O)Nc1cccc(C(=O)c2ccc(C(C)(C)C)cc2)c1)S(C)(=O)=O. The zero-order chi connectivity index (χ0) is 26.8. The number of carbonyl (C=O) groups excluding carboxylic acids is 2. The van der Waals surface area contributed by atoms with E-state index in [0.29, 0.717) is 33.1 Å². The Kier molecular flexibility index (Phi) is 7.96. The largest absolute Gasteiger partial charge is 0.324 e. The molecule has 3 rings (SSSR count). The number of anilines is 2. The van der Waals surface area contributed by atoms with E-state index in [1.54, 1.807) is 55.5 Å². The molecule has 0 spiro atoms. The van der Waals surface area contributed by atoms with Crippen molar-refractivity contribution in [3.63, 3.8) is 0 Å². The van der Waals surface area contributed by atoms with Crippen LogP contribution in [0.1, 0.15) is 54.7 Å². The standard InChI is InChI=1S/C28H31ClN2O4S/c1-18-10-15-23(29)17-25(18)31(36(6,34)35)19(2)27(33)30-24-9-7-8-21(16-24)26(32)20-11-13-22(14-12-20)28(3,4)5/h7-17,19H,1-6H3,(H,30,33)/t19-/m1/s1. The highest BCUT2D eigenvalue weighted by Crippen LogP contribution is 2.29. The smallest absolute Gasteiger partial charge is 0.247 e. The van der Waals surface area contributed by atoms with Crippen LogP contribution in [-0.2, 0) is 20.2 Å². The molecular weight excluding hydrogens is 496 g/mol. The van der Waals surface area contributed by atoms with Crippen LogP contribution in [0.3, 0.4) is 0 Å². The first-order valence-corrected chi connectivity index (χ1v) is 13.7. The number of hydrogen-bond acceptors (Lipinski definition) is 4. The zero-order valence-corrected chi connectivity index (χ0v) is 22.9. The molecule has 0 heterocycles. The predicted octanol–water partition coefficient (Wildman–Crippen LogP) is 5.97. The van der Waals surface area contributed by atoms with Crippen LogP contribution in [0.4, 0.5) is 11.4 Å². The number of hydrogen-bond donors (Lipinski definition) is 1. The Morgan fingerprint density at radius 1 is 0.944 bits per heavy atom. The van der Waals surface area contributed by atoms with Gasteiger partial charge in [0.25, 0.3) is 0 Å². The van der Waals surface area contributed by atoms with Gasteiger partial charge in [0.05, 0.1) is 11.9 Å². The highest BCUT2D eigenvalue weighted by molar-refractivity contribution is 7.92. The van der Waals surface area contributed by atoms with Crippen molar-refractivity contribution in [2.24, 2.45) is 0 Å². The Balaban J connectivity index is 1.84. The van der Waals surface area contributed by atoms with Crippen molar-refractivity contribution < 1.29 is 18.0 Å². The van der Waals surface area contributed by atoms with E-state index in [9.17, 15) is 18.0 Å². The summed E-state index contributed by atoms with van der Waals surface area (Å²) in [7, 11) is -3.81. The van der Waals surface area contributed by atoms with Crippen molar-refractivity contribution in [1.29, 1.82) is 0 Å². The molecule has 1 atom stereocenters. The lowest BCUT2D eigenvalue weighted by Crippen LogP contribution is -2.45. The van der Waals surface area contributed by atoms with E-state index in [2.05, 4.69) is 26.1 Å². The maximum absolute atomic E-state index is 13.1. The van der Waals surface area contributed by atoms with E-state index < -0.39 is 22.0 Å². The number of benzene rings is 3. The molecule has 0 aliphatic carbocycles. The van der Waals surface area contributed by atoms with E-state index in [-0.39, 0.29) is 11.2 Å². The number of carbonyl (C=O) groups is 2. The fraction of sp³-hybridized carbons (Fsp3) is 0.286. The van der Waals surface area contributed by atoms with Crippen molar-refractivity contribution in [2.75, 3.05) is 15.9 Å². The number of ketones is 1. The first kappa shape index (κ1) is 27.4. The fourth-order valence-corrected chi connectivity index (χ4v) is 5.26. The lowest BCUT2D eigenvalue weighted by molar-refractivity contribution is -0.116. The second-order valence-electron chi connectivity index (χ2n) is 9.89. The summed E-state index contributed by atoms with van der Waals surface area (Å²) >= 11 is 6.10. The molecule has 0 fully saturated rings. The summed E-state index contributed by atoms with van der Waals surface area (Å²) in [6.45, 7) is 9.57. The number of nitrogens with one attached hydrogen (secondary N) is 1. The predicted molar refractivity (Wildman–Crippen MR) is 147 cm³/mol. The van der Waals surface area contributed by atoms with Gasteiger partial charge in [-0.25, -0.2) is 8.42 Å². The Labute approximate surface area is 218 Å². The van der Waals surface area contributed by atoms with Gasteiger partial charge >= 0.3 is 0 Å². The number of halogens is 1. The highest BCUT2D eigenvalue weighted by Gasteiger charge is 2.30. The molecule has 0 unspecified atom stereocenters. The normalized spacial score (nSPS) is 12.6. The third-order valence-corrected chi connectivity index (χ3v) is 7.37. The summed E-state index contributed by atoms with van der Waals surface area (Å²) in [6.07, 6.45) is 1.04. The Hall–Kier alpha value is -3.16. The molecule has 0 radical (unpaired) electrons. The van der Waals surface area contributed by atoms with Gasteiger partial charge in [-0.15, -0.1) is 0 Å². The third-order valence-electron chi connectivity index (χ3n) is 5.90. The number of nitrogens with zero attached hydrogens (tertiary/aromatic N) is 1. The Bertz CT molecular complexity index is 1390. The molecule has 6 nitrogen and oxygen atoms in total. The van der Waals surface area contributed by atoms with Crippen LogP contribution in [0.25, 0.3) is 0 Å². The van der Waals surface area contributed by atoms with Crippen molar-refractivity contribution in [2.45, 2.75) is 46.1 Å². The van der Waals surface area contributed by atoms with E-state index in [4.69, 9.17) is 11.6 Å². The molecule has 0 aliphatic rings. The minimum absolute atomic E-state index is 0.0219. The number of aryl methyl sites for hydroxylation is 1. The monoisotopic (exact) mass is 526 g/mol.